The highest BCUT2D eigenvalue weighted by Crippen LogP contribution is 2.18. The zero-order valence-electron chi connectivity index (χ0n) is 10.1. The molecule has 0 radical (unpaired) electrons. The Morgan fingerprint density at radius 3 is 2.65 bits per heavy atom. The van der Waals surface area contributed by atoms with E-state index in [2.05, 4.69) is 54.3 Å². The highest BCUT2D eigenvalue weighted by atomic mass is 15.5. The number of aliphatic imine (C=N–C) groups is 1. The van der Waals surface area contributed by atoms with E-state index < -0.39 is 0 Å². The molecule has 0 fully saturated rings. The molecular formula is C14H15N3. The molecule has 0 atom stereocenters. The predicted molar refractivity (Wildman–Crippen MR) is 70.5 cm³/mol. The average molecular weight is 225 g/mol. The van der Waals surface area contributed by atoms with E-state index in [9.17, 15) is 0 Å². The van der Waals surface area contributed by atoms with Crippen LogP contribution in [0.2, 0.25) is 0 Å². The van der Waals surface area contributed by atoms with Gasteiger partial charge in [-0.1, -0.05) is 29.8 Å². The minimum Gasteiger partial charge on any atom is -0.265 e. The quantitative estimate of drug-likeness (QED) is 0.721. The van der Waals surface area contributed by atoms with Crippen LogP contribution in [0.1, 0.15) is 18.1 Å². The standard InChI is InChI=1S/C14H15N3/c1-10-3-5-12(6-4-10)13-9-11(2)14-15-7-8-17(14)16-13/h3-6,9H,7-8H2,1-2H3. The monoisotopic (exact) mass is 225 g/mol. The number of fused-ring (bicyclic) bond motifs is 1. The Bertz CT molecular complexity index is 535. The summed E-state index contributed by atoms with van der Waals surface area (Å²) in [5.74, 6) is 1.03. The van der Waals surface area contributed by atoms with Crippen molar-refractivity contribution in [1.82, 2.24) is 5.01 Å². The number of nitrogens with zero attached hydrogens (tertiary/aromatic N) is 3. The fraction of sp³-hybridized carbons (Fsp3) is 0.286. The minimum atomic E-state index is 0.852. The summed E-state index contributed by atoms with van der Waals surface area (Å²) in [5.41, 5.74) is 4.67. The van der Waals surface area contributed by atoms with Crippen LogP contribution in [0.15, 0.2) is 46.0 Å². The molecular weight excluding hydrogens is 210 g/mol. The van der Waals surface area contributed by atoms with Crippen molar-refractivity contribution in [3.8, 4) is 0 Å². The predicted octanol–water partition coefficient (Wildman–Crippen LogP) is 2.37. The van der Waals surface area contributed by atoms with E-state index in [0.29, 0.717) is 0 Å². The lowest BCUT2D eigenvalue weighted by molar-refractivity contribution is 0.487. The van der Waals surface area contributed by atoms with Gasteiger partial charge in [0.25, 0.3) is 0 Å². The third-order valence-electron chi connectivity index (χ3n) is 3.10. The van der Waals surface area contributed by atoms with E-state index >= 15 is 0 Å². The third-order valence-corrected chi connectivity index (χ3v) is 3.10. The zero-order valence-corrected chi connectivity index (χ0v) is 10.1. The first-order valence-corrected chi connectivity index (χ1v) is 5.90. The van der Waals surface area contributed by atoms with Crippen molar-refractivity contribution < 1.29 is 0 Å². The Kier molecular flexibility index (Phi) is 2.32. The topological polar surface area (TPSA) is 28.0 Å². The highest BCUT2D eigenvalue weighted by Gasteiger charge is 2.22. The number of hydrogen-bond acceptors (Lipinski definition) is 3. The molecule has 0 saturated carbocycles. The van der Waals surface area contributed by atoms with Gasteiger partial charge in [-0.3, -0.25) is 4.99 Å². The molecule has 0 amide bonds. The van der Waals surface area contributed by atoms with Crippen LogP contribution in [0.3, 0.4) is 0 Å². The second-order valence-corrected chi connectivity index (χ2v) is 4.51. The van der Waals surface area contributed by atoms with E-state index in [1.165, 1.54) is 16.7 Å². The molecule has 86 valence electrons. The van der Waals surface area contributed by atoms with Crippen molar-refractivity contribution in [3.63, 3.8) is 0 Å². The molecule has 0 spiro atoms. The van der Waals surface area contributed by atoms with Crippen LogP contribution in [0.4, 0.5) is 0 Å². The van der Waals surface area contributed by atoms with Gasteiger partial charge in [-0.25, -0.2) is 5.01 Å². The SMILES string of the molecule is CC1=CC(c2ccc(C)cc2)=NN2CCN=C12. The molecule has 1 aromatic rings. The molecule has 0 bridgehead atoms. The van der Waals surface area contributed by atoms with Gasteiger partial charge in [-0.05, 0) is 25.5 Å². The van der Waals surface area contributed by atoms with E-state index in [1.54, 1.807) is 0 Å². The van der Waals surface area contributed by atoms with E-state index in [4.69, 9.17) is 0 Å². The fourth-order valence-corrected chi connectivity index (χ4v) is 2.16. The Labute approximate surface area is 101 Å². The summed E-state index contributed by atoms with van der Waals surface area (Å²) in [6, 6.07) is 8.48. The number of benzene rings is 1. The summed E-state index contributed by atoms with van der Waals surface area (Å²) >= 11 is 0. The number of aryl methyl sites for hydroxylation is 1. The van der Waals surface area contributed by atoms with Crippen molar-refractivity contribution in [1.29, 1.82) is 0 Å². The maximum atomic E-state index is 4.64. The maximum Gasteiger partial charge on any atom is 0.147 e. The molecule has 0 unspecified atom stereocenters. The highest BCUT2D eigenvalue weighted by molar-refractivity contribution is 6.16. The smallest absolute Gasteiger partial charge is 0.147 e. The largest absolute Gasteiger partial charge is 0.265 e. The number of hydrazone groups is 1. The number of rotatable bonds is 1. The normalized spacial score (nSPS) is 18.5. The lowest BCUT2D eigenvalue weighted by atomic mass is 10.0. The van der Waals surface area contributed by atoms with Gasteiger partial charge in [0, 0.05) is 5.56 Å². The van der Waals surface area contributed by atoms with E-state index in [1.807, 2.05) is 5.01 Å². The summed E-state index contributed by atoms with van der Waals surface area (Å²) in [6.07, 6.45) is 2.12. The van der Waals surface area contributed by atoms with Crippen LogP contribution in [0, 0.1) is 6.92 Å². The summed E-state index contributed by atoms with van der Waals surface area (Å²) in [7, 11) is 0. The molecule has 2 heterocycles. The van der Waals surface area contributed by atoms with Gasteiger partial charge in [0.1, 0.15) is 5.84 Å². The van der Waals surface area contributed by atoms with Gasteiger partial charge in [0.05, 0.1) is 18.8 Å². The molecule has 2 aliphatic rings. The van der Waals surface area contributed by atoms with Gasteiger partial charge < -0.3 is 0 Å². The molecule has 2 aliphatic heterocycles. The van der Waals surface area contributed by atoms with Crippen molar-refractivity contribution in [3.05, 3.63) is 47.0 Å². The van der Waals surface area contributed by atoms with Crippen LogP contribution in [-0.2, 0) is 0 Å². The van der Waals surface area contributed by atoms with E-state index in [-0.39, 0.29) is 0 Å². The first-order chi connectivity index (χ1) is 8.24. The maximum absolute atomic E-state index is 4.64. The summed E-state index contributed by atoms with van der Waals surface area (Å²) < 4.78 is 0. The first kappa shape index (κ1) is 10.3. The Balaban J connectivity index is 2.00. The van der Waals surface area contributed by atoms with Gasteiger partial charge >= 0.3 is 0 Å². The molecule has 3 heteroatoms. The van der Waals surface area contributed by atoms with Gasteiger partial charge in [-0.2, -0.15) is 5.10 Å². The van der Waals surface area contributed by atoms with Crippen LogP contribution >= 0.6 is 0 Å². The van der Waals surface area contributed by atoms with Crippen LogP contribution in [-0.4, -0.2) is 29.6 Å². The van der Waals surface area contributed by atoms with Crippen molar-refractivity contribution in [2.24, 2.45) is 10.1 Å². The van der Waals surface area contributed by atoms with Crippen molar-refractivity contribution in [2.45, 2.75) is 13.8 Å². The lowest BCUT2D eigenvalue weighted by Crippen LogP contribution is -2.28. The van der Waals surface area contributed by atoms with Crippen LogP contribution in [0.5, 0.6) is 0 Å². The Morgan fingerprint density at radius 2 is 1.88 bits per heavy atom. The Morgan fingerprint density at radius 1 is 1.12 bits per heavy atom. The lowest BCUT2D eigenvalue weighted by Gasteiger charge is -2.21. The molecule has 0 N–H and O–H groups in total. The number of amidine groups is 1. The minimum absolute atomic E-state index is 0.852. The second-order valence-electron chi connectivity index (χ2n) is 4.51. The molecule has 17 heavy (non-hydrogen) atoms. The average Bonchev–Trinajstić information content (AvgIpc) is 2.78. The summed E-state index contributed by atoms with van der Waals surface area (Å²) in [4.78, 5) is 4.45. The summed E-state index contributed by atoms with van der Waals surface area (Å²) in [6.45, 7) is 5.94. The zero-order chi connectivity index (χ0) is 11.8. The molecule has 0 aromatic heterocycles. The van der Waals surface area contributed by atoms with Gasteiger partial charge in [-0.15, -0.1) is 0 Å². The second kappa shape index (κ2) is 3.84. The first-order valence-electron chi connectivity index (χ1n) is 5.90. The molecule has 0 saturated heterocycles. The molecule has 3 rings (SSSR count). The van der Waals surface area contributed by atoms with Crippen molar-refractivity contribution >= 4 is 11.5 Å². The molecule has 3 nitrogen and oxygen atoms in total. The fourth-order valence-electron chi connectivity index (χ4n) is 2.16. The van der Waals surface area contributed by atoms with Crippen molar-refractivity contribution in [2.75, 3.05) is 13.1 Å². The van der Waals surface area contributed by atoms with Crippen LogP contribution < -0.4 is 0 Å². The summed E-state index contributed by atoms with van der Waals surface area (Å²) in [5, 5.41) is 6.64. The molecule has 0 aliphatic carbocycles. The molecule has 1 aromatic carbocycles. The third kappa shape index (κ3) is 1.78. The number of hydrogen-bond donors (Lipinski definition) is 0. The van der Waals surface area contributed by atoms with Gasteiger partial charge in [0.2, 0.25) is 0 Å². The number of allylic oxidation sites excluding steroid dienone is 1. The Hall–Kier alpha value is -1.90. The van der Waals surface area contributed by atoms with Gasteiger partial charge in [0.15, 0.2) is 0 Å². The van der Waals surface area contributed by atoms with E-state index in [0.717, 1.165) is 24.6 Å². The van der Waals surface area contributed by atoms with Crippen LogP contribution in [0.25, 0.3) is 0 Å².